The van der Waals surface area contributed by atoms with Crippen molar-refractivity contribution in [2.24, 2.45) is 0 Å². The van der Waals surface area contributed by atoms with E-state index in [9.17, 15) is 5.11 Å². The Morgan fingerprint density at radius 2 is 2.15 bits per heavy atom. The van der Waals surface area contributed by atoms with Gasteiger partial charge in [-0.15, -0.1) is 10.2 Å². The lowest BCUT2D eigenvalue weighted by atomic mass is 10.1. The van der Waals surface area contributed by atoms with Crippen LogP contribution in [0.3, 0.4) is 0 Å². The van der Waals surface area contributed by atoms with Crippen LogP contribution in [0.2, 0.25) is 0 Å². The summed E-state index contributed by atoms with van der Waals surface area (Å²) in [5.41, 5.74) is -0.577. The van der Waals surface area contributed by atoms with Crippen molar-refractivity contribution in [2.45, 2.75) is 37.1 Å². The second-order valence-electron chi connectivity index (χ2n) is 3.50. The van der Waals surface area contributed by atoms with Crippen molar-refractivity contribution in [2.75, 3.05) is 5.75 Å². The third-order valence-corrected chi connectivity index (χ3v) is 3.42. The summed E-state index contributed by atoms with van der Waals surface area (Å²) < 4.78 is 0.988. The molecule has 0 aliphatic heterocycles. The Balaban J connectivity index is 2.28. The largest absolute Gasteiger partial charge is 0.390 e. The minimum absolute atomic E-state index is 0.577. The molecule has 1 aromatic rings. The van der Waals surface area contributed by atoms with Crippen molar-refractivity contribution >= 4 is 23.1 Å². The lowest BCUT2D eigenvalue weighted by Gasteiger charge is -2.15. The van der Waals surface area contributed by atoms with Gasteiger partial charge in [0.05, 0.1) is 5.60 Å². The number of aryl methyl sites for hydroxylation is 1. The molecular formula is C8H14N2OS2. The molecule has 0 fully saturated rings. The van der Waals surface area contributed by atoms with Crippen LogP contribution in [0.15, 0.2) is 4.34 Å². The maximum Gasteiger partial charge on any atom is 0.174 e. The van der Waals surface area contributed by atoms with Gasteiger partial charge in [-0.3, -0.25) is 0 Å². The summed E-state index contributed by atoms with van der Waals surface area (Å²) in [4.78, 5) is 0. The molecule has 0 aromatic carbocycles. The van der Waals surface area contributed by atoms with Gasteiger partial charge in [-0.05, 0) is 27.2 Å². The number of thioether (sulfide) groups is 1. The Morgan fingerprint density at radius 3 is 2.62 bits per heavy atom. The van der Waals surface area contributed by atoms with Gasteiger partial charge in [0.2, 0.25) is 0 Å². The Hall–Kier alpha value is -0.130. The van der Waals surface area contributed by atoms with Gasteiger partial charge in [-0.2, -0.15) is 0 Å². The Kier molecular flexibility index (Phi) is 3.70. The first-order valence-electron chi connectivity index (χ1n) is 4.13. The van der Waals surface area contributed by atoms with Crippen LogP contribution >= 0.6 is 23.1 Å². The fourth-order valence-electron chi connectivity index (χ4n) is 0.725. The SMILES string of the molecule is Cc1nnc(SCCC(C)(C)O)s1. The van der Waals surface area contributed by atoms with Gasteiger partial charge in [-0.1, -0.05) is 23.1 Å². The van der Waals surface area contributed by atoms with Gasteiger partial charge in [-0.25, -0.2) is 0 Å². The molecule has 0 unspecified atom stereocenters. The molecular weight excluding hydrogens is 204 g/mol. The van der Waals surface area contributed by atoms with E-state index in [0.29, 0.717) is 0 Å². The molecule has 3 nitrogen and oxygen atoms in total. The summed E-state index contributed by atoms with van der Waals surface area (Å²) in [6.45, 7) is 5.58. The Bertz CT molecular complexity index is 267. The van der Waals surface area contributed by atoms with Gasteiger partial charge < -0.3 is 5.11 Å². The highest BCUT2D eigenvalue weighted by molar-refractivity contribution is 8.01. The first-order chi connectivity index (χ1) is 5.97. The van der Waals surface area contributed by atoms with E-state index in [2.05, 4.69) is 10.2 Å². The van der Waals surface area contributed by atoms with E-state index in [4.69, 9.17) is 0 Å². The summed E-state index contributed by atoms with van der Waals surface area (Å²) in [6, 6.07) is 0. The van der Waals surface area contributed by atoms with Crippen LogP contribution in [-0.4, -0.2) is 26.7 Å². The van der Waals surface area contributed by atoms with Gasteiger partial charge in [0.1, 0.15) is 5.01 Å². The number of aliphatic hydroxyl groups is 1. The number of rotatable bonds is 4. The topological polar surface area (TPSA) is 46.0 Å². The van der Waals surface area contributed by atoms with Crippen molar-refractivity contribution in [3.8, 4) is 0 Å². The third-order valence-electron chi connectivity index (χ3n) is 1.45. The smallest absolute Gasteiger partial charge is 0.174 e. The summed E-state index contributed by atoms with van der Waals surface area (Å²) in [6.07, 6.45) is 0.774. The zero-order chi connectivity index (χ0) is 9.90. The molecule has 0 atom stereocenters. The molecule has 5 heteroatoms. The minimum Gasteiger partial charge on any atom is -0.390 e. The lowest BCUT2D eigenvalue weighted by molar-refractivity contribution is 0.0777. The number of aromatic nitrogens is 2. The number of hydrogen-bond donors (Lipinski definition) is 1. The maximum absolute atomic E-state index is 9.45. The van der Waals surface area contributed by atoms with Crippen molar-refractivity contribution in [1.82, 2.24) is 10.2 Å². The monoisotopic (exact) mass is 218 g/mol. The molecule has 1 N–H and O–H groups in total. The molecule has 0 amide bonds. The highest BCUT2D eigenvalue weighted by atomic mass is 32.2. The molecule has 0 bridgehead atoms. The molecule has 0 aliphatic rings. The van der Waals surface area contributed by atoms with Crippen LogP contribution < -0.4 is 0 Å². The average Bonchev–Trinajstić information content (AvgIpc) is 2.33. The fraction of sp³-hybridized carbons (Fsp3) is 0.750. The molecule has 1 heterocycles. The van der Waals surface area contributed by atoms with Crippen LogP contribution in [0.4, 0.5) is 0 Å². The predicted octanol–water partition coefficient (Wildman–Crippen LogP) is 2.10. The fourth-order valence-corrected chi connectivity index (χ4v) is 2.86. The van der Waals surface area contributed by atoms with Gasteiger partial charge >= 0.3 is 0 Å². The summed E-state index contributed by atoms with van der Waals surface area (Å²) in [5, 5.41) is 18.3. The summed E-state index contributed by atoms with van der Waals surface area (Å²) in [5.74, 6) is 0.887. The van der Waals surface area contributed by atoms with Crippen LogP contribution in [0.5, 0.6) is 0 Å². The van der Waals surface area contributed by atoms with E-state index in [1.165, 1.54) is 0 Å². The molecule has 0 aliphatic carbocycles. The molecule has 0 spiro atoms. The van der Waals surface area contributed by atoms with E-state index in [1.807, 2.05) is 20.8 Å². The van der Waals surface area contributed by atoms with E-state index >= 15 is 0 Å². The average molecular weight is 218 g/mol. The normalized spacial score (nSPS) is 12.0. The molecule has 13 heavy (non-hydrogen) atoms. The van der Waals surface area contributed by atoms with E-state index in [-0.39, 0.29) is 0 Å². The first kappa shape index (κ1) is 10.9. The van der Waals surface area contributed by atoms with Crippen LogP contribution in [0, 0.1) is 6.92 Å². The highest BCUT2D eigenvalue weighted by Crippen LogP contribution is 2.24. The van der Waals surface area contributed by atoms with Crippen molar-refractivity contribution in [1.29, 1.82) is 0 Å². The van der Waals surface area contributed by atoms with Crippen LogP contribution in [-0.2, 0) is 0 Å². The quantitative estimate of drug-likeness (QED) is 0.786. The van der Waals surface area contributed by atoms with E-state index in [0.717, 1.165) is 21.5 Å². The predicted molar refractivity (Wildman–Crippen MR) is 56.3 cm³/mol. The molecule has 0 saturated carbocycles. The van der Waals surface area contributed by atoms with E-state index in [1.54, 1.807) is 23.1 Å². The maximum atomic E-state index is 9.45. The molecule has 1 aromatic heterocycles. The van der Waals surface area contributed by atoms with Crippen LogP contribution in [0.1, 0.15) is 25.3 Å². The van der Waals surface area contributed by atoms with Crippen molar-refractivity contribution in [3.63, 3.8) is 0 Å². The minimum atomic E-state index is -0.577. The van der Waals surface area contributed by atoms with Crippen LogP contribution in [0.25, 0.3) is 0 Å². The number of hydrogen-bond acceptors (Lipinski definition) is 5. The van der Waals surface area contributed by atoms with E-state index < -0.39 is 5.60 Å². The zero-order valence-electron chi connectivity index (χ0n) is 8.07. The molecule has 0 radical (unpaired) electrons. The Labute approximate surface area is 86.6 Å². The second kappa shape index (κ2) is 4.39. The highest BCUT2D eigenvalue weighted by Gasteiger charge is 2.12. The third kappa shape index (κ3) is 4.59. The summed E-state index contributed by atoms with van der Waals surface area (Å²) in [7, 11) is 0. The lowest BCUT2D eigenvalue weighted by Crippen LogP contribution is -2.18. The second-order valence-corrected chi connectivity index (χ2v) is 6.02. The Morgan fingerprint density at radius 1 is 1.46 bits per heavy atom. The van der Waals surface area contributed by atoms with Crippen molar-refractivity contribution < 1.29 is 5.11 Å². The molecule has 1 rings (SSSR count). The molecule has 0 saturated heterocycles. The van der Waals surface area contributed by atoms with Gasteiger partial charge in [0.15, 0.2) is 4.34 Å². The van der Waals surface area contributed by atoms with Crippen molar-refractivity contribution in [3.05, 3.63) is 5.01 Å². The zero-order valence-corrected chi connectivity index (χ0v) is 9.71. The summed E-state index contributed by atoms with van der Waals surface area (Å²) >= 11 is 3.25. The number of nitrogens with zero attached hydrogens (tertiary/aromatic N) is 2. The molecule has 74 valence electrons. The first-order valence-corrected chi connectivity index (χ1v) is 5.93. The van der Waals surface area contributed by atoms with Gasteiger partial charge in [0, 0.05) is 5.75 Å². The standard InChI is InChI=1S/C8H14N2OS2/c1-6-9-10-7(13-6)12-5-4-8(2,3)11/h11H,4-5H2,1-3H3. The van der Waals surface area contributed by atoms with Gasteiger partial charge in [0.25, 0.3) is 0 Å².